The first-order valence-corrected chi connectivity index (χ1v) is 7.58. The minimum absolute atomic E-state index is 0.622. The lowest BCUT2D eigenvalue weighted by atomic mass is 10.2. The van der Waals surface area contributed by atoms with Gasteiger partial charge in [0.05, 0.1) is 17.7 Å². The van der Waals surface area contributed by atoms with Crippen molar-refractivity contribution in [2.45, 2.75) is 6.92 Å². The fraction of sp³-hybridized carbons (Fsp3) is 0.133. The minimum Gasteiger partial charge on any atom is -0.497 e. The molecule has 0 aliphatic rings. The molecule has 0 saturated carbocycles. The summed E-state index contributed by atoms with van der Waals surface area (Å²) in [5, 5.41) is 8.05. The van der Waals surface area contributed by atoms with E-state index in [1.54, 1.807) is 18.4 Å². The SMILES string of the molecule is COc1ccc(-c2nc(C)c(-c3ccc(=S)[nH]n3)s2)cc1. The van der Waals surface area contributed by atoms with E-state index in [0.717, 1.165) is 32.6 Å². The molecule has 1 aromatic carbocycles. The topological polar surface area (TPSA) is 50.8 Å². The van der Waals surface area contributed by atoms with Gasteiger partial charge in [0.1, 0.15) is 21.1 Å². The lowest BCUT2D eigenvalue weighted by molar-refractivity contribution is 0.415. The number of benzene rings is 1. The average molecular weight is 315 g/mol. The quantitative estimate of drug-likeness (QED) is 0.734. The van der Waals surface area contributed by atoms with Gasteiger partial charge in [-0.15, -0.1) is 11.3 Å². The van der Waals surface area contributed by atoms with Crippen molar-refractivity contribution in [2.24, 2.45) is 0 Å². The summed E-state index contributed by atoms with van der Waals surface area (Å²) < 4.78 is 5.80. The summed E-state index contributed by atoms with van der Waals surface area (Å²) in [6.07, 6.45) is 0. The number of aryl methyl sites for hydroxylation is 1. The van der Waals surface area contributed by atoms with Crippen LogP contribution in [-0.2, 0) is 0 Å². The number of rotatable bonds is 3. The monoisotopic (exact) mass is 315 g/mol. The van der Waals surface area contributed by atoms with Gasteiger partial charge < -0.3 is 4.74 Å². The lowest BCUT2D eigenvalue weighted by Gasteiger charge is -2.00. The van der Waals surface area contributed by atoms with Crippen molar-refractivity contribution in [3.63, 3.8) is 0 Å². The molecule has 21 heavy (non-hydrogen) atoms. The number of hydrogen-bond acceptors (Lipinski definition) is 5. The number of ether oxygens (including phenoxy) is 1. The summed E-state index contributed by atoms with van der Waals surface area (Å²) in [6, 6.07) is 11.6. The normalized spacial score (nSPS) is 10.6. The molecule has 0 atom stereocenters. The van der Waals surface area contributed by atoms with Crippen molar-refractivity contribution in [1.29, 1.82) is 0 Å². The third-order valence-corrected chi connectivity index (χ3v) is 4.50. The fourth-order valence-corrected chi connectivity index (χ4v) is 3.12. The van der Waals surface area contributed by atoms with E-state index in [4.69, 9.17) is 17.0 Å². The van der Waals surface area contributed by atoms with Crippen molar-refractivity contribution < 1.29 is 4.74 Å². The van der Waals surface area contributed by atoms with E-state index in [0.29, 0.717) is 4.64 Å². The van der Waals surface area contributed by atoms with E-state index in [1.807, 2.05) is 43.3 Å². The van der Waals surface area contributed by atoms with Crippen molar-refractivity contribution in [1.82, 2.24) is 15.2 Å². The van der Waals surface area contributed by atoms with Crippen molar-refractivity contribution >= 4 is 23.6 Å². The Kier molecular flexibility index (Phi) is 3.81. The number of hydrogen-bond donors (Lipinski definition) is 1. The van der Waals surface area contributed by atoms with Gasteiger partial charge in [0.15, 0.2) is 0 Å². The summed E-state index contributed by atoms with van der Waals surface area (Å²) in [4.78, 5) is 5.68. The smallest absolute Gasteiger partial charge is 0.124 e. The molecule has 106 valence electrons. The Balaban J connectivity index is 2.00. The summed E-state index contributed by atoms with van der Waals surface area (Å²) in [5.74, 6) is 0.838. The maximum Gasteiger partial charge on any atom is 0.124 e. The molecule has 6 heteroatoms. The van der Waals surface area contributed by atoms with E-state index in [1.165, 1.54) is 0 Å². The maximum absolute atomic E-state index is 5.17. The molecular formula is C15H13N3OS2. The fourth-order valence-electron chi connectivity index (χ4n) is 1.96. The molecule has 0 amide bonds. The van der Waals surface area contributed by atoms with Gasteiger partial charge >= 0.3 is 0 Å². The van der Waals surface area contributed by atoms with E-state index in [2.05, 4.69) is 15.2 Å². The van der Waals surface area contributed by atoms with Gasteiger partial charge in [-0.3, -0.25) is 5.10 Å². The second-order valence-electron chi connectivity index (χ2n) is 4.47. The van der Waals surface area contributed by atoms with E-state index < -0.39 is 0 Å². The standard InChI is InChI=1S/C15H13N3OS2/c1-9-14(12-7-8-13(20)18-17-12)21-15(16-9)10-3-5-11(19-2)6-4-10/h3-8H,1-2H3,(H,18,20). The Morgan fingerprint density at radius 2 is 1.90 bits per heavy atom. The van der Waals surface area contributed by atoms with Crippen LogP contribution in [0.1, 0.15) is 5.69 Å². The van der Waals surface area contributed by atoms with Crippen LogP contribution in [0.5, 0.6) is 5.75 Å². The second-order valence-corrected chi connectivity index (χ2v) is 5.91. The molecule has 4 nitrogen and oxygen atoms in total. The molecule has 3 aromatic rings. The summed E-state index contributed by atoms with van der Waals surface area (Å²) in [7, 11) is 1.66. The van der Waals surface area contributed by atoms with E-state index >= 15 is 0 Å². The summed E-state index contributed by atoms with van der Waals surface area (Å²) in [5.41, 5.74) is 2.89. The highest BCUT2D eigenvalue weighted by Crippen LogP contribution is 2.34. The number of aromatic nitrogens is 3. The molecule has 0 unspecified atom stereocenters. The summed E-state index contributed by atoms with van der Waals surface area (Å²) >= 11 is 6.63. The number of thiazole rings is 1. The Hall–Kier alpha value is -2.05. The largest absolute Gasteiger partial charge is 0.497 e. The van der Waals surface area contributed by atoms with Crippen LogP contribution in [0.15, 0.2) is 36.4 Å². The van der Waals surface area contributed by atoms with Crippen LogP contribution in [0.25, 0.3) is 21.1 Å². The highest BCUT2D eigenvalue weighted by Gasteiger charge is 2.12. The Labute approximate surface area is 131 Å². The molecule has 0 aliphatic carbocycles. The minimum atomic E-state index is 0.622. The third-order valence-electron chi connectivity index (χ3n) is 3.05. The van der Waals surface area contributed by atoms with Crippen molar-refractivity contribution in [2.75, 3.05) is 7.11 Å². The molecule has 0 fully saturated rings. The molecule has 0 radical (unpaired) electrons. The van der Waals surface area contributed by atoms with Crippen molar-refractivity contribution in [3.8, 4) is 26.9 Å². The average Bonchev–Trinajstić information content (AvgIpc) is 2.90. The molecule has 1 N–H and O–H groups in total. The van der Waals surface area contributed by atoms with Crippen LogP contribution in [0.3, 0.4) is 0 Å². The first-order chi connectivity index (χ1) is 10.2. The highest BCUT2D eigenvalue weighted by molar-refractivity contribution is 7.71. The molecule has 0 spiro atoms. The van der Waals surface area contributed by atoms with Gasteiger partial charge in [0, 0.05) is 5.56 Å². The van der Waals surface area contributed by atoms with Gasteiger partial charge in [-0.1, -0.05) is 12.2 Å². The zero-order valence-electron chi connectivity index (χ0n) is 11.6. The van der Waals surface area contributed by atoms with Crippen LogP contribution in [0, 0.1) is 11.6 Å². The number of methoxy groups -OCH3 is 1. The lowest BCUT2D eigenvalue weighted by Crippen LogP contribution is -1.86. The number of nitrogens with one attached hydrogen (secondary N) is 1. The van der Waals surface area contributed by atoms with Gasteiger partial charge in [-0.2, -0.15) is 5.10 Å². The van der Waals surface area contributed by atoms with Crippen molar-refractivity contribution in [3.05, 3.63) is 46.7 Å². The van der Waals surface area contributed by atoms with Crippen LogP contribution in [0.2, 0.25) is 0 Å². The van der Waals surface area contributed by atoms with Crippen LogP contribution in [0.4, 0.5) is 0 Å². The Morgan fingerprint density at radius 3 is 2.52 bits per heavy atom. The van der Waals surface area contributed by atoms with Gasteiger partial charge in [0.2, 0.25) is 0 Å². The van der Waals surface area contributed by atoms with Gasteiger partial charge in [0.25, 0.3) is 0 Å². The molecule has 2 heterocycles. The second kappa shape index (κ2) is 5.75. The predicted molar refractivity (Wildman–Crippen MR) is 87.3 cm³/mol. The molecular weight excluding hydrogens is 302 g/mol. The Bertz CT molecular complexity index is 801. The number of nitrogens with zero attached hydrogens (tertiary/aromatic N) is 2. The third kappa shape index (κ3) is 2.86. The first-order valence-electron chi connectivity index (χ1n) is 6.35. The molecule has 3 rings (SSSR count). The Morgan fingerprint density at radius 1 is 1.14 bits per heavy atom. The van der Waals surface area contributed by atoms with E-state index in [-0.39, 0.29) is 0 Å². The van der Waals surface area contributed by atoms with Crippen LogP contribution >= 0.6 is 23.6 Å². The number of aromatic amines is 1. The van der Waals surface area contributed by atoms with Crippen LogP contribution < -0.4 is 4.74 Å². The van der Waals surface area contributed by atoms with Crippen LogP contribution in [-0.4, -0.2) is 22.3 Å². The predicted octanol–water partition coefficient (Wildman–Crippen LogP) is 4.25. The number of H-pyrrole nitrogens is 1. The molecule has 0 saturated heterocycles. The molecule has 0 bridgehead atoms. The maximum atomic E-state index is 5.17. The summed E-state index contributed by atoms with van der Waals surface area (Å²) in [6.45, 7) is 1.99. The molecule has 2 aromatic heterocycles. The van der Waals surface area contributed by atoms with E-state index in [9.17, 15) is 0 Å². The zero-order chi connectivity index (χ0) is 14.8. The van der Waals surface area contributed by atoms with Gasteiger partial charge in [-0.05, 0) is 43.3 Å². The van der Waals surface area contributed by atoms with Gasteiger partial charge in [-0.25, -0.2) is 4.98 Å². The zero-order valence-corrected chi connectivity index (χ0v) is 13.2. The first kappa shape index (κ1) is 13.9. The highest BCUT2D eigenvalue weighted by atomic mass is 32.1. The molecule has 0 aliphatic heterocycles.